The van der Waals surface area contributed by atoms with Gasteiger partial charge < -0.3 is 10.0 Å². The lowest BCUT2D eigenvalue weighted by Crippen LogP contribution is -2.49. The second-order valence-corrected chi connectivity index (χ2v) is 6.83. The maximum atomic E-state index is 12.9. The van der Waals surface area contributed by atoms with Crippen molar-refractivity contribution in [2.45, 2.75) is 25.8 Å². The van der Waals surface area contributed by atoms with E-state index in [-0.39, 0.29) is 11.9 Å². The largest absolute Gasteiger partial charge is 0.481 e. The van der Waals surface area contributed by atoms with Crippen LogP contribution >= 0.6 is 0 Å². The predicted octanol–water partition coefficient (Wildman–Crippen LogP) is 2.75. The van der Waals surface area contributed by atoms with Crippen molar-refractivity contribution >= 4 is 22.9 Å². The van der Waals surface area contributed by atoms with Crippen molar-refractivity contribution in [1.29, 1.82) is 0 Å². The van der Waals surface area contributed by atoms with Gasteiger partial charge in [-0.05, 0) is 44.0 Å². The zero-order chi connectivity index (χ0) is 19.0. The van der Waals surface area contributed by atoms with Crippen LogP contribution < -0.4 is 0 Å². The average molecular weight is 364 g/mol. The van der Waals surface area contributed by atoms with Crippen LogP contribution in [0.5, 0.6) is 0 Å². The maximum Gasteiger partial charge on any atom is 0.308 e. The number of hydrogen-bond donors (Lipinski definition) is 1. The van der Waals surface area contributed by atoms with Gasteiger partial charge in [0.05, 0.1) is 22.5 Å². The molecule has 1 saturated heterocycles. The molecule has 1 aliphatic rings. The minimum atomic E-state index is -0.847. The van der Waals surface area contributed by atoms with E-state index in [0.717, 1.165) is 11.0 Å². The first-order chi connectivity index (χ1) is 13.1. The van der Waals surface area contributed by atoms with E-state index in [0.29, 0.717) is 30.8 Å². The second kappa shape index (κ2) is 6.83. The first kappa shape index (κ1) is 17.2. The third-order valence-corrected chi connectivity index (χ3v) is 5.26. The number of carboxylic acid groups (broad SMARTS) is 1. The van der Waals surface area contributed by atoms with E-state index in [1.165, 1.54) is 0 Å². The molecule has 3 aromatic rings. The van der Waals surface area contributed by atoms with Gasteiger partial charge in [-0.1, -0.05) is 12.1 Å². The number of aromatic nitrogens is 3. The molecule has 0 aliphatic carbocycles. The Bertz CT molecular complexity index is 996. The van der Waals surface area contributed by atoms with Crippen LogP contribution in [-0.4, -0.2) is 49.0 Å². The molecule has 7 heteroatoms. The van der Waals surface area contributed by atoms with Crippen LogP contribution in [0.2, 0.25) is 0 Å². The highest BCUT2D eigenvalue weighted by molar-refractivity contribution is 5.94. The number of carbonyl (C=O) groups excluding carboxylic acids is 1. The van der Waals surface area contributed by atoms with Crippen molar-refractivity contribution < 1.29 is 14.7 Å². The number of aliphatic carboxylic acids is 1. The molecule has 2 aromatic heterocycles. The third-order valence-electron chi connectivity index (χ3n) is 5.26. The molecule has 4 rings (SSSR count). The number of likely N-dealkylation sites (tertiary alicyclic amines) is 1. The van der Waals surface area contributed by atoms with Gasteiger partial charge in [0, 0.05) is 18.8 Å². The number of fused-ring (bicyclic) bond motifs is 1. The molecule has 0 saturated carbocycles. The number of nitrogens with zero attached hydrogens (tertiary/aromatic N) is 4. The van der Waals surface area contributed by atoms with Crippen LogP contribution in [0.15, 0.2) is 48.9 Å². The highest BCUT2D eigenvalue weighted by atomic mass is 16.4. The van der Waals surface area contributed by atoms with Gasteiger partial charge in [0.1, 0.15) is 12.1 Å². The van der Waals surface area contributed by atoms with Crippen LogP contribution in [0.4, 0.5) is 0 Å². The van der Waals surface area contributed by atoms with Gasteiger partial charge in [-0.2, -0.15) is 0 Å². The highest BCUT2D eigenvalue weighted by Crippen LogP contribution is 2.25. The molecular formula is C20H20N4O3. The molecule has 1 aromatic carbocycles. The average Bonchev–Trinajstić information content (AvgIpc) is 3.12. The summed E-state index contributed by atoms with van der Waals surface area (Å²) in [6, 6.07) is 10.9. The summed E-state index contributed by atoms with van der Waals surface area (Å²) in [5.41, 5.74) is 2.28. The molecule has 3 heterocycles. The maximum absolute atomic E-state index is 12.9. The molecule has 0 unspecified atom stereocenters. The molecule has 138 valence electrons. The molecule has 1 N–H and O–H groups in total. The number of benzene rings is 1. The summed E-state index contributed by atoms with van der Waals surface area (Å²) in [5, 5.41) is 9.35. The Labute approximate surface area is 156 Å². The summed E-state index contributed by atoms with van der Waals surface area (Å²) >= 11 is 0. The molecule has 2 atom stereocenters. The topological polar surface area (TPSA) is 88.3 Å². The number of piperidine rings is 1. The summed E-state index contributed by atoms with van der Waals surface area (Å²) in [6.45, 7) is 2.37. The molecule has 1 fully saturated rings. The lowest BCUT2D eigenvalue weighted by atomic mass is 9.90. The van der Waals surface area contributed by atoms with E-state index in [1.54, 1.807) is 36.5 Å². The van der Waals surface area contributed by atoms with E-state index < -0.39 is 11.9 Å². The van der Waals surface area contributed by atoms with Gasteiger partial charge in [-0.25, -0.2) is 9.97 Å². The van der Waals surface area contributed by atoms with Crippen LogP contribution in [-0.2, 0) is 4.79 Å². The van der Waals surface area contributed by atoms with Crippen molar-refractivity contribution in [1.82, 2.24) is 19.4 Å². The van der Waals surface area contributed by atoms with E-state index in [9.17, 15) is 14.7 Å². The smallest absolute Gasteiger partial charge is 0.308 e. The van der Waals surface area contributed by atoms with E-state index in [4.69, 9.17) is 0 Å². The zero-order valence-electron chi connectivity index (χ0n) is 14.9. The van der Waals surface area contributed by atoms with E-state index in [2.05, 4.69) is 9.97 Å². The number of pyridine rings is 1. The Hall–Kier alpha value is -3.22. The van der Waals surface area contributed by atoms with Crippen molar-refractivity contribution in [3.63, 3.8) is 0 Å². The van der Waals surface area contributed by atoms with Crippen LogP contribution in [0.1, 0.15) is 30.1 Å². The number of para-hydroxylation sites is 2. The Kier molecular flexibility index (Phi) is 4.35. The van der Waals surface area contributed by atoms with Crippen molar-refractivity contribution in [3.05, 3.63) is 54.5 Å². The van der Waals surface area contributed by atoms with Gasteiger partial charge in [-0.15, -0.1) is 0 Å². The standard InChI is InChI=1S/C20H20N4O3/c1-13-15(20(26)27)5-4-10-23(13)19(25)14-8-9-18(21-11-14)24-12-22-16-6-2-3-7-17(16)24/h2-3,6-9,11-13,15H,4-5,10H2,1H3,(H,26,27)/t13-,15-/m1/s1. The summed E-state index contributed by atoms with van der Waals surface area (Å²) in [5.74, 6) is -0.869. The summed E-state index contributed by atoms with van der Waals surface area (Å²) < 4.78 is 1.87. The predicted molar refractivity (Wildman–Crippen MR) is 99.7 cm³/mol. The number of amides is 1. The SMILES string of the molecule is C[C@@H]1[C@H](C(=O)O)CCCN1C(=O)c1ccc(-n2cnc3ccccc32)nc1. The Morgan fingerprint density at radius 3 is 2.70 bits per heavy atom. The summed E-state index contributed by atoms with van der Waals surface area (Å²) in [7, 11) is 0. The van der Waals surface area contributed by atoms with Crippen molar-refractivity contribution in [2.24, 2.45) is 5.92 Å². The quantitative estimate of drug-likeness (QED) is 0.772. The summed E-state index contributed by atoms with van der Waals surface area (Å²) in [4.78, 5) is 34.7. The fraction of sp³-hybridized carbons (Fsp3) is 0.300. The van der Waals surface area contributed by atoms with Crippen LogP contribution in [0.3, 0.4) is 0 Å². The fourth-order valence-electron chi connectivity index (χ4n) is 3.72. The number of hydrogen-bond acceptors (Lipinski definition) is 4. The second-order valence-electron chi connectivity index (χ2n) is 6.83. The van der Waals surface area contributed by atoms with Crippen LogP contribution in [0.25, 0.3) is 16.9 Å². The molecule has 1 amide bonds. The molecule has 0 spiro atoms. The molecular weight excluding hydrogens is 344 g/mol. The lowest BCUT2D eigenvalue weighted by molar-refractivity contribution is -0.144. The lowest BCUT2D eigenvalue weighted by Gasteiger charge is -2.37. The van der Waals surface area contributed by atoms with E-state index in [1.807, 2.05) is 28.8 Å². The monoisotopic (exact) mass is 364 g/mol. The van der Waals surface area contributed by atoms with Gasteiger partial charge in [0.15, 0.2) is 0 Å². The Morgan fingerprint density at radius 1 is 1.15 bits per heavy atom. The number of rotatable bonds is 3. The first-order valence-corrected chi connectivity index (χ1v) is 8.98. The van der Waals surface area contributed by atoms with Crippen molar-refractivity contribution in [3.8, 4) is 5.82 Å². The number of imidazole rings is 1. The molecule has 0 radical (unpaired) electrons. The van der Waals surface area contributed by atoms with Gasteiger partial charge in [0.2, 0.25) is 0 Å². The third kappa shape index (κ3) is 3.05. The highest BCUT2D eigenvalue weighted by Gasteiger charge is 2.35. The Morgan fingerprint density at radius 2 is 1.96 bits per heavy atom. The first-order valence-electron chi connectivity index (χ1n) is 8.98. The molecule has 0 bridgehead atoms. The zero-order valence-corrected chi connectivity index (χ0v) is 14.9. The minimum Gasteiger partial charge on any atom is -0.481 e. The van der Waals surface area contributed by atoms with Gasteiger partial charge in [0.25, 0.3) is 5.91 Å². The Balaban J connectivity index is 1.58. The molecule has 7 nitrogen and oxygen atoms in total. The number of carbonyl (C=O) groups is 2. The van der Waals surface area contributed by atoms with Crippen LogP contribution in [0, 0.1) is 5.92 Å². The van der Waals surface area contributed by atoms with E-state index >= 15 is 0 Å². The van der Waals surface area contributed by atoms with Gasteiger partial charge in [-0.3, -0.25) is 14.2 Å². The van der Waals surface area contributed by atoms with Gasteiger partial charge >= 0.3 is 5.97 Å². The number of carboxylic acids is 1. The van der Waals surface area contributed by atoms with Crippen molar-refractivity contribution in [2.75, 3.05) is 6.54 Å². The summed E-state index contributed by atoms with van der Waals surface area (Å²) in [6.07, 6.45) is 4.55. The molecule has 1 aliphatic heterocycles. The molecule has 27 heavy (non-hydrogen) atoms. The fourth-order valence-corrected chi connectivity index (χ4v) is 3.72. The normalized spacial score (nSPS) is 20.0. The minimum absolute atomic E-state index is 0.178.